The first-order valence-electron chi connectivity index (χ1n) is 5.87. The molecule has 4 nitrogen and oxygen atoms in total. The Morgan fingerprint density at radius 1 is 1.12 bits per heavy atom. The van der Waals surface area contributed by atoms with Gasteiger partial charge in [0.25, 0.3) is 0 Å². The van der Waals surface area contributed by atoms with Crippen molar-refractivity contribution >= 4 is 11.8 Å². The van der Waals surface area contributed by atoms with Gasteiger partial charge in [-0.15, -0.1) is 0 Å². The van der Waals surface area contributed by atoms with Crippen LogP contribution in [-0.4, -0.2) is 35.8 Å². The van der Waals surface area contributed by atoms with Gasteiger partial charge in [-0.05, 0) is 24.0 Å². The summed E-state index contributed by atoms with van der Waals surface area (Å²) in [6.45, 7) is 0.350. The standard InChI is InChI=1S/C13H14N2O2/c16-12-8-15(13(17)7-14-12)11-5-9-3-1-2-4-10(9)6-11/h1-4,11H,5-8H2,(H,14,16). The van der Waals surface area contributed by atoms with Crippen molar-refractivity contribution in [2.24, 2.45) is 0 Å². The van der Waals surface area contributed by atoms with Gasteiger partial charge in [0.15, 0.2) is 0 Å². The van der Waals surface area contributed by atoms with Crippen molar-refractivity contribution in [3.8, 4) is 0 Å². The SMILES string of the molecule is O=C1CN(C2Cc3ccccc3C2)C(=O)CN1. The van der Waals surface area contributed by atoms with Crippen LogP contribution >= 0.6 is 0 Å². The Labute approximate surface area is 99.6 Å². The van der Waals surface area contributed by atoms with Gasteiger partial charge in [-0.1, -0.05) is 24.3 Å². The second-order valence-corrected chi connectivity index (χ2v) is 4.63. The highest BCUT2D eigenvalue weighted by atomic mass is 16.2. The summed E-state index contributed by atoms with van der Waals surface area (Å²) in [4.78, 5) is 24.9. The molecule has 0 bridgehead atoms. The van der Waals surface area contributed by atoms with Crippen LogP contribution in [0.25, 0.3) is 0 Å². The van der Waals surface area contributed by atoms with Crippen molar-refractivity contribution in [3.05, 3.63) is 35.4 Å². The minimum atomic E-state index is -0.0550. The van der Waals surface area contributed by atoms with Gasteiger partial charge < -0.3 is 10.2 Å². The molecule has 1 fully saturated rings. The highest BCUT2D eigenvalue weighted by Crippen LogP contribution is 2.25. The number of fused-ring (bicyclic) bond motifs is 1. The van der Waals surface area contributed by atoms with Crippen molar-refractivity contribution in [2.75, 3.05) is 13.1 Å². The summed E-state index contributed by atoms with van der Waals surface area (Å²) in [6, 6.07) is 8.40. The summed E-state index contributed by atoms with van der Waals surface area (Å²) in [7, 11) is 0. The smallest absolute Gasteiger partial charge is 0.242 e. The minimum Gasteiger partial charge on any atom is -0.345 e. The molecule has 4 heteroatoms. The van der Waals surface area contributed by atoms with Gasteiger partial charge in [-0.2, -0.15) is 0 Å². The highest BCUT2D eigenvalue weighted by Gasteiger charge is 2.33. The van der Waals surface area contributed by atoms with Gasteiger partial charge in [0.1, 0.15) is 0 Å². The predicted octanol–water partition coefficient (Wildman–Crippen LogP) is 0.112. The van der Waals surface area contributed by atoms with E-state index in [9.17, 15) is 9.59 Å². The van der Waals surface area contributed by atoms with E-state index < -0.39 is 0 Å². The molecule has 2 amide bonds. The Morgan fingerprint density at radius 2 is 1.76 bits per heavy atom. The fraction of sp³-hybridized carbons (Fsp3) is 0.385. The number of carbonyl (C=O) groups is 2. The molecule has 1 aliphatic heterocycles. The maximum Gasteiger partial charge on any atom is 0.242 e. The zero-order valence-electron chi connectivity index (χ0n) is 9.48. The second-order valence-electron chi connectivity index (χ2n) is 4.63. The third kappa shape index (κ3) is 1.79. The largest absolute Gasteiger partial charge is 0.345 e. The van der Waals surface area contributed by atoms with Crippen LogP contribution in [0.5, 0.6) is 0 Å². The minimum absolute atomic E-state index is 0.0300. The number of rotatable bonds is 1. The Hall–Kier alpha value is -1.84. The lowest BCUT2D eigenvalue weighted by Gasteiger charge is -2.31. The van der Waals surface area contributed by atoms with Gasteiger partial charge in [0, 0.05) is 6.04 Å². The summed E-state index contributed by atoms with van der Waals surface area (Å²) >= 11 is 0. The lowest BCUT2D eigenvalue weighted by molar-refractivity contribution is -0.142. The Balaban J connectivity index is 1.79. The van der Waals surface area contributed by atoms with Crippen molar-refractivity contribution in [1.29, 1.82) is 0 Å². The first-order valence-corrected chi connectivity index (χ1v) is 5.87. The lowest BCUT2D eigenvalue weighted by Crippen LogP contribution is -2.55. The zero-order valence-corrected chi connectivity index (χ0v) is 9.48. The molecule has 1 N–H and O–H groups in total. The number of nitrogens with one attached hydrogen (secondary N) is 1. The van der Waals surface area contributed by atoms with Crippen LogP contribution in [0.2, 0.25) is 0 Å². The van der Waals surface area contributed by atoms with E-state index in [4.69, 9.17) is 0 Å². The molecule has 0 atom stereocenters. The van der Waals surface area contributed by atoms with Crippen LogP contribution in [-0.2, 0) is 22.4 Å². The molecular formula is C13H14N2O2. The molecule has 3 rings (SSSR count). The maximum absolute atomic E-state index is 11.8. The number of nitrogens with zero attached hydrogens (tertiary/aromatic N) is 1. The van der Waals surface area contributed by atoms with Crippen LogP contribution in [0.1, 0.15) is 11.1 Å². The number of carbonyl (C=O) groups excluding carboxylic acids is 2. The summed E-state index contributed by atoms with van der Waals surface area (Å²) in [5.41, 5.74) is 2.60. The van der Waals surface area contributed by atoms with E-state index in [2.05, 4.69) is 17.4 Å². The average molecular weight is 230 g/mol. The Kier molecular flexibility index (Phi) is 2.35. The molecule has 1 saturated heterocycles. The van der Waals surface area contributed by atoms with Crippen molar-refractivity contribution in [2.45, 2.75) is 18.9 Å². The summed E-state index contributed by atoms with van der Waals surface area (Å²) in [5, 5.41) is 2.58. The molecule has 0 spiro atoms. The summed E-state index contributed by atoms with van der Waals surface area (Å²) in [5.74, 6) is -0.0250. The topological polar surface area (TPSA) is 49.4 Å². The molecule has 0 unspecified atom stereocenters. The molecule has 0 aromatic heterocycles. The molecule has 1 aliphatic carbocycles. The number of hydrogen-bond acceptors (Lipinski definition) is 2. The molecule has 0 saturated carbocycles. The Bertz CT molecular complexity index is 459. The third-order valence-electron chi connectivity index (χ3n) is 3.54. The van der Waals surface area contributed by atoms with Gasteiger partial charge in [0.2, 0.25) is 11.8 Å². The summed E-state index contributed by atoms with van der Waals surface area (Å²) < 4.78 is 0. The molecule has 88 valence electrons. The maximum atomic E-state index is 11.8. The van der Waals surface area contributed by atoms with Crippen molar-refractivity contribution in [3.63, 3.8) is 0 Å². The van der Waals surface area contributed by atoms with E-state index in [1.54, 1.807) is 4.90 Å². The van der Waals surface area contributed by atoms with Crippen LogP contribution in [0.15, 0.2) is 24.3 Å². The number of benzene rings is 1. The number of amides is 2. The van der Waals surface area contributed by atoms with Crippen LogP contribution in [0.4, 0.5) is 0 Å². The van der Waals surface area contributed by atoms with Crippen molar-refractivity contribution in [1.82, 2.24) is 10.2 Å². The van der Waals surface area contributed by atoms with Gasteiger partial charge in [-0.3, -0.25) is 9.59 Å². The quantitative estimate of drug-likeness (QED) is 0.744. The third-order valence-corrected chi connectivity index (χ3v) is 3.54. The zero-order chi connectivity index (χ0) is 11.8. The van der Waals surface area contributed by atoms with E-state index in [0.717, 1.165) is 12.8 Å². The second kappa shape index (κ2) is 3.87. The van der Waals surface area contributed by atoms with Crippen LogP contribution < -0.4 is 5.32 Å². The number of piperazine rings is 1. The molecule has 17 heavy (non-hydrogen) atoms. The fourth-order valence-corrected chi connectivity index (χ4v) is 2.66. The average Bonchev–Trinajstić information content (AvgIpc) is 2.75. The molecule has 1 aromatic carbocycles. The molecule has 1 heterocycles. The Morgan fingerprint density at radius 3 is 2.41 bits per heavy atom. The van der Waals surface area contributed by atoms with E-state index in [-0.39, 0.29) is 30.9 Å². The van der Waals surface area contributed by atoms with Crippen LogP contribution in [0, 0.1) is 0 Å². The first kappa shape index (κ1) is 10.3. The molecular weight excluding hydrogens is 216 g/mol. The molecule has 1 aromatic rings. The van der Waals surface area contributed by atoms with E-state index in [0.29, 0.717) is 0 Å². The lowest BCUT2D eigenvalue weighted by atomic mass is 10.1. The molecule has 0 radical (unpaired) electrons. The van der Waals surface area contributed by atoms with E-state index in [1.165, 1.54) is 11.1 Å². The van der Waals surface area contributed by atoms with Crippen LogP contribution in [0.3, 0.4) is 0 Å². The number of hydrogen-bond donors (Lipinski definition) is 1. The van der Waals surface area contributed by atoms with E-state index in [1.807, 2.05) is 12.1 Å². The normalized spacial score (nSPS) is 20.4. The molecule has 2 aliphatic rings. The monoisotopic (exact) mass is 230 g/mol. The van der Waals surface area contributed by atoms with E-state index >= 15 is 0 Å². The summed E-state index contributed by atoms with van der Waals surface area (Å²) in [6.07, 6.45) is 1.74. The van der Waals surface area contributed by atoms with Crippen molar-refractivity contribution < 1.29 is 9.59 Å². The highest BCUT2D eigenvalue weighted by molar-refractivity contribution is 5.92. The van der Waals surface area contributed by atoms with Gasteiger partial charge in [0.05, 0.1) is 13.1 Å². The first-order chi connectivity index (χ1) is 8.24. The fourth-order valence-electron chi connectivity index (χ4n) is 2.66. The predicted molar refractivity (Wildman–Crippen MR) is 62.4 cm³/mol. The van der Waals surface area contributed by atoms with Gasteiger partial charge in [-0.25, -0.2) is 0 Å². The van der Waals surface area contributed by atoms with Gasteiger partial charge >= 0.3 is 0 Å².